The molecule has 0 unspecified atom stereocenters. The number of fused-ring (bicyclic) bond motifs is 2. The summed E-state index contributed by atoms with van der Waals surface area (Å²) in [7, 11) is 0. The van der Waals surface area contributed by atoms with E-state index in [1.807, 2.05) is 24.4 Å². The van der Waals surface area contributed by atoms with Crippen molar-refractivity contribution in [3.05, 3.63) is 132 Å². The van der Waals surface area contributed by atoms with Crippen molar-refractivity contribution in [2.75, 3.05) is 0 Å². The standard InChI is InChI=1S/C40H35N3O/c1-25-20-29-21-26(2)24-41-37(29)34(22-25)28-11-8-10-27(23-28)32-13-9-14-35-38(32)42-39(33-12-6-7-15-36(33)44)43(35)31-18-16-30(17-19-31)40(3,4)5/h6-24,44H,1-5H3. The summed E-state index contributed by atoms with van der Waals surface area (Å²) >= 11 is 0. The molecule has 0 saturated heterocycles. The van der Waals surface area contributed by atoms with E-state index in [-0.39, 0.29) is 11.2 Å². The number of para-hydroxylation sites is 2. The molecule has 0 amide bonds. The number of imidazole rings is 1. The van der Waals surface area contributed by atoms with Crippen molar-refractivity contribution >= 4 is 21.9 Å². The first-order valence-electron chi connectivity index (χ1n) is 15.1. The Hall–Kier alpha value is -5.22. The van der Waals surface area contributed by atoms with Gasteiger partial charge in [0.25, 0.3) is 0 Å². The van der Waals surface area contributed by atoms with Crippen LogP contribution in [0.15, 0.2) is 115 Å². The molecular weight excluding hydrogens is 538 g/mol. The van der Waals surface area contributed by atoms with Crippen LogP contribution >= 0.6 is 0 Å². The van der Waals surface area contributed by atoms with E-state index >= 15 is 0 Å². The van der Waals surface area contributed by atoms with Gasteiger partial charge in [-0.15, -0.1) is 0 Å². The van der Waals surface area contributed by atoms with Crippen LogP contribution in [0.3, 0.4) is 0 Å². The molecule has 0 aliphatic heterocycles. The number of phenols is 1. The highest BCUT2D eigenvalue weighted by Gasteiger charge is 2.21. The molecule has 1 N–H and O–H groups in total. The molecule has 2 aromatic heterocycles. The van der Waals surface area contributed by atoms with Crippen molar-refractivity contribution in [3.8, 4) is 45.1 Å². The number of pyridine rings is 1. The Balaban J connectivity index is 1.44. The van der Waals surface area contributed by atoms with Crippen molar-refractivity contribution in [1.82, 2.24) is 14.5 Å². The lowest BCUT2D eigenvalue weighted by molar-refractivity contribution is 0.477. The molecule has 7 rings (SSSR count). The van der Waals surface area contributed by atoms with Gasteiger partial charge in [0.15, 0.2) is 0 Å². The summed E-state index contributed by atoms with van der Waals surface area (Å²) in [5.41, 5.74) is 12.6. The molecule has 4 nitrogen and oxygen atoms in total. The van der Waals surface area contributed by atoms with Crippen LogP contribution < -0.4 is 0 Å². The first-order valence-corrected chi connectivity index (χ1v) is 15.1. The van der Waals surface area contributed by atoms with Gasteiger partial charge in [-0.1, -0.05) is 75.4 Å². The van der Waals surface area contributed by atoms with Crippen LogP contribution in [0, 0.1) is 13.8 Å². The fraction of sp³-hybridized carbons (Fsp3) is 0.150. The Kier molecular flexibility index (Phi) is 6.58. The Morgan fingerprint density at radius 3 is 2.07 bits per heavy atom. The van der Waals surface area contributed by atoms with Crippen molar-refractivity contribution in [2.24, 2.45) is 0 Å². The second-order valence-corrected chi connectivity index (χ2v) is 12.7. The van der Waals surface area contributed by atoms with E-state index in [9.17, 15) is 5.11 Å². The monoisotopic (exact) mass is 573 g/mol. The van der Waals surface area contributed by atoms with Gasteiger partial charge in [0.05, 0.1) is 22.1 Å². The molecule has 0 fully saturated rings. The molecule has 0 bridgehead atoms. The van der Waals surface area contributed by atoms with Gasteiger partial charge in [0.2, 0.25) is 0 Å². The van der Waals surface area contributed by atoms with Crippen molar-refractivity contribution in [2.45, 2.75) is 40.0 Å². The molecule has 0 atom stereocenters. The molecule has 0 aliphatic carbocycles. The zero-order valence-corrected chi connectivity index (χ0v) is 25.8. The minimum absolute atomic E-state index is 0.0468. The molecule has 0 spiro atoms. The number of hydrogen-bond donors (Lipinski definition) is 1. The quantitative estimate of drug-likeness (QED) is 0.228. The third-order valence-corrected chi connectivity index (χ3v) is 8.37. The number of aryl methyl sites for hydroxylation is 2. The summed E-state index contributed by atoms with van der Waals surface area (Å²) in [6, 6.07) is 37.7. The van der Waals surface area contributed by atoms with Crippen molar-refractivity contribution in [3.63, 3.8) is 0 Å². The Bertz CT molecular complexity index is 2180. The van der Waals surface area contributed by atoms with Crippen LogP contribution in [0.2, 0.25) is 0 Å². The number of phenolic OH excluding ortho intramolecular Hbond substituents is 1. The Labute approximate surface area is 258 Å². The molecule has 2 heterocycles. The third kappa shape index (κ3) is 4.83. The van der Waals surface area contributed by atoms with Crippen molar-refractivity contribution < 1.29 is 5.11 Å². The second kappa shape index (κ2) is 10.5. The summed E-state index contributed by atoms with van der Waals surface area (Å²) < 4.78 is 2.16. The van der Waals surface area contributed by atoms with Gasteiger partial charge in [0, 0.05) is 28.4 Å². The number of benzene rings is 5. The molecule has 0 radical (unpaired) electrons. The number of rotatable bonds is 4. The van der Waals surface area contributed by atoms with E-state index in [1.54, 1.807) is 6.07 Å². The lowest BCUT2D eigenvalue weighted by Gasteiger charge is -2.19. The number of aromatic nitrogens is 3. The lowest BCUT2D eigenvalue weighted by Crippen LogP contribution is -2.11. The zero-order valence-electron chi connectivity index (χ0n) is 25.8. The van der Waals surface area contributed by atoms with Gasteiger partial charge in [-0.25, -0.2) is 4.98 Å². The molecule has 7 aromatic rings. The summed E-state index contributed by atoms with van der Waals surface area (Å²) in [5, 5.41) is 12.1. The van der Waals surface area contributed by atoms with Crippen LogP contribution in [0.25, 0.3) is 61.3 Å². The first-order chi connectivity index (χ1) is 21.2. The molecule has 44 heavy (non-hydrogen) atoms. The summed E-state index contributed by atoms with van der Waals surface area (Å²) in [4.78, 5) is 10.1. The van der Waals surface area contributed by atoms with E-state index in [1.165, 1.54) is 11.1 Å². The fourth-order valence-corrected chi connectivity index (χ4v) is 6.13. The third-order valence-electron chi connectivity index (χ3n) is 8.37. The summed E-state index contributed by atoms with van der Waals surface area (Å²) in [6.45, 7) is 10.9. The zero-order chi connectivity index (χ0) is 30.6. The van der Waals surface area contributed by atoms with E-state index < -0.39 is 0 Å². The van der Waals surface area contributed by atoms with Crippen LogP contribution in [0.4, 0.5) is 0 Å². The predicted molar refractivity (Wildman–Crippen MR) is 183 cm³/mol. The average Bonchev–Trinajstić information content (AvgIpc) is 3.40. The minimum atomic E-state index is 0.0468. The van der Waals surface area contributed by atoms with E-state index in [0.29, 0.717) is 11.4 Å². The molecule has 0 saturated carbocycles. The normalized spacial score (nSPS) is 11.8. The van der Waals surface area contributed by atoms with Gasteiger partial charge < -0.3 is 5.11 Å². The number of aromatic hydroxyl groups is 1. The number of hydrogen-bond acceptors (Lipinski definition) is 3. The fourth-order valence-electron chi connectivity index (χ4n) is 6.13. The molecule has 216 valence electrons. The maximum absolute atomic E-state index is 10.9. The largest absolute Gasteiger partial charge is 0.507 e. The molecule has 4 heteroatoms. The molecule has 5 aromatic carbocycles. The highest BCUT2D eigenvalue weighted by Crippen LogP contribution is 2.39. The van der Waals surface area contributed by atoms with Crippen LogP contribution in [-0.4, -0.2) is 19.6 Å². The molecule has 0 aliphatic rings. The Morgan fingerprint density at radius 2 is 1.32 bits per heavy atom. The highest BCUT2D eigenvalue weighted by atomic mass is 16.3. The average molecular weight is 574 g/mol. The predicted octanol–water partition coefficient (Wildman–Crippen LogP) is 10.2. The van der Waals surface area contributed by atoms with Gasteiger partial charge in [0.1, 0.15) is 11.6 Å². The van der Waals surface area contributed by atoms with Gasteiger partial charge in [-0.05, 0) is 102 Å². The first kappa shape index (κ1) is 27.6. The second-order valence-electron chi connectivity index (χ2n) is 12.7. The van der Waals surface area contributed by atoms with Gasteiger partial charge in [-0.2, -0.15) is 0 Å². The van der Waals surface area contributed by atoms with E-state index in [2.05, 4.69) is 124 Å². The summed E-state index contributed by atoms with van der Waals surface area (Å²) in [5.74, 6) is 0.905. The van der Waals surface area contributed by atoms with Crippen molar-refractivity contribution in [1.29, 1.82) is 0 Å². The highest BCUT2D eigenvalue weighted by molar-refractivity contribution is 5.99. The Morgan fingerprint density at radius 1 is 0.636 bits per heavy atom. The molecular formula is C40H35N3O. The SMILES string of the molecule is Cc1cnc2c(-c3cccc(-c4cccc5c4nc(-c4ccccc4O)n5-c4ccc(C(C)(C)C)cc4)c3)cc(C)cc2c1. The minimum Gasteiger partial charge on any atom is -0.507 e. The maximum atomic E-state index is 10.9. The van der Waals surface area contributed by atoms with Crippen LogP contribution in [0.1, 0.15) is 37.5 Å². The van der Waals surface area contributed by atoms with Gasteiger partial charge >= 0.3 is 0 Å². The van der Waals surface area contributed by atoms with E-state index in [0.717, 1.165) is 55.4 Å². The number of nitrogens with zero attached hydrogens (tertiary/aromatic N) is 3. The lowest BCUT2D eigenvalue weighted by atomic mass is 9.87. The van der Waals surface area contributed by atoms with Crippen LogP contribution in [0.5, 0.6) is 5.75 Å². The van der Waals surface area contributed by atoms with Gasteiger partial charge in [-0.3, -0.25) is 9.55 Å². The van der Waals surface area contributed by atoms with Crippen LogP contribution in [-0.2, 0) is 5.41 Å². The topological polar surface area (TPSA) is 50.9 Å². The summed E-state index contributed by atoms with van der Waals surface area (Å²) in [6.07, 6.45) is 1.94. The maximum Gasteiger partial charge on any atom is 0.149 e. The smallest absolute Gasteiger partial charge is 0.149 e. The van der Waals surface area contributed by atoms with E-state index in [4.69, 9.17) is 9.97 Å².